The topological polar surface area (TPSA) is 70.6 Å². The zero-order valence-corrected chi connectivity index (χ0v) is 12.9. The van der Waals surface area contributed by atoms with Crippen LogP contribution in [0.5, 0.6) is 5.75 Å². The van der Waals surface area contributed by atoms with Crippen LogP contribution in [0.15, 0.2) is 18.2 Å². The third kappa shape index (κ3) is 4.51. The molecule has 116 valence electrons. The zero-order valence-electron chi connectivity index (χ0n) is 12.1. The van der Waals surface area contributed by atoms with Crippen LogP contribution in [-0.2, 0) is 0 Å². The number of nitrogens with one attached hydrogen (secondary N) is 2. The number of aliphatic hydroxyl groups excluding tert-OH is 1. The summed E-state index contributed by atoms with van der Waals surface area (Å²) in [6.45, 7) is 3.17. The molecule has 1 aromatic carbocycles. The number of carbonyl (C=O) groups excluding carboxylic acids is 1. The summed E-state index contributed by atoms with van der Waals surface area (Å²) in [5.41, 5.74) is 0.426. The molecule has 2 rings (SSSR count). The van der Waals surface area contributed by atoms with Gasteiger partial charge in [-0.05, 0) is 37.5 Å². The molecule has 0 bridgehead atoms. The van der Waals surface area contributed by atoms with Gasteiger partial charge in [0.05, 0.1) is 18.9 Å². The molecule has 0 aliphatic heterocycles. The summed E-state index contributed by atoms with van der Waals surface area (Å²) >= 11 is 5.96. The van der Waals surface area contributed by atoms with Crippen molar-refractivity contribution in [2.24, 2.45) is 5.41 Å². The second-order valence-electron chi connectivity index (χ2n) is 5.45. The molecule has 1 aliphatic carbocycles. The SMILES string of the molecule is CCCOc1ccc(Cl)cc1NC(=O)NCC1(CO)CC1. The lowest BCUT2D eigenvalue weighted by atomic mass is 10.1. The fourth-order valence-corrected chi connectivity index (χ4v) is 2.11. The Hall–Kier alpha value is -1.46. The van der Waals surface area contributed by atoms with Crippen molar-refractivity contribution >= 4 is 23.3 Å². The van der Waals surface area contributed by atoms with Gasteiger partial charge in [-0.2, -0.15) is 0 Å². The fraction of sp³-hybridized carbons (Fsp3) is 0.533. The highest BCUT2D eigenvalue weighted by Gasteiger charge is 2.42. The molecule has 0 aromatic heterocycles. The van der Waals surface area contributed by atoms with Gasteiger partial charge in [0.1, 0.15) is 5.75 Å². The third-order valence-corrected chi connectivity index (χ3v) is 3.80. The standard InChI is InChI=1S/C15H21ClN2O3/c1-2-7-21-13-4-3-11(16)8-12(13)18-14(20)17-9-15(10-19)5-6-15/h3-4,8,19H,2,5-7,9-10H2,1H3,(H2,17,18,20). The van der Waals surface area contributed by atoms with Gasteiger partial charge in [-0.25, -0.2) is 4.79 Å². The minimum atomic E-state index is -0.321. The van der Waals surface area contributed by atoms with Crippen molar-refractivity contribution in [3.8, 4) is 5.75 Å². The molecule has 1 saturated carbocycles. The first-order valence-corrected chi connectivity index (χ1v) is 7.54. The fourth-order valence-electron chi connectivity index (χ4n) is 1.94. The molecule has 0 atom stereocenters. The second kappa shape index (κ2) is 7.00. The molecule has 0 spiro atoms. The summed E-state index contributed by atoms with van der Waals surface area (Å²) in [6, 6.07) is 4.80. The third-order valence-electron chi connectivity index (χ3n) is 3.57. The first kappa shape index (κ1) is 15.9. The Bertz CT molecular complexity index is 504. The van der Waals surface area contributed by atoms with Gasteiger partial charge in [0, 0.05) is 17.0 Å². The summed E-state index contributed by atoms with van der Waals surface area (Å²) in [7, 11) is 0. The van der Waals surface area contributed by atoms with E-state index in [1.165, 1.54) is 0 Å². The maximum Gasteiger partial charge on any atom is 0.319 e. The van der Waals surface area contributed by atoms with Crippen LogP contribution in [0, 0.1) is 5.41 Å². The highest BCUT2D eigenvalue weighted by atomic mass is 35.5. The maximum atomic E-state index is 11.9. The van der Waals surface area contributed by atoms with Crippen LogP contribution in [0.4, 0.5) is 10.5 Å². The predicted octanol–water partition coefficient (Wildman–Crippen LogP) is 3.02. The number of amides is 2. The van der Waals surface area contributed by atoms with E-state index in [-0.39, 0.29) is 18.1 Å². The number of rotatable bonds is 7. The molecule has 0 unspecified atom stereocenters. The number of urea groups is 1. The molecule has 1 fully saturated rings. The molecule has 0 heterocycles. The van der Waals surface area contributed by atoms with Crippen LogP contribution < -0.4 is 15.4 Å². The van der Waals surface area contributed by atoms with Gasteiger partial charge in [-0.15, -0.1) is 0 Å². The van der Waals surface area contributed by atoms with Gasteiger partial charge in [0.15, 0.2) is 0 Å². The zero-order chi connectivity index (χ0) is 15.3. The lowest BCUT2D eigenvalue weighted by Crippen LogP contribution is -2.35. The highest BCUT2D eigenvalue weighted by molar-refractivity contribution is 6.31. The van der Waals surface area contributed by atoms with E-state index in [9.17, 15) is 9.90 Å². The number of aliphatic hydroxyl groups is 1. The number of hydrogen-bond acceptors (Lipinski definition) is 3. The molecule has 1 aliphatic rings. The lowest BCUT2D eigenvalue weighted by Gasteiger charge is -2.15. The quantitative estimate of drug-likeness (QED) is 0.725. The summed E-state index contributed by atoms with van der Waals surface area (Å²) < 4.78 is 5.58. The van der Waals surface area contributed by atoms with Gasteiger partial charge >= 0.3 is 6.03 Å². The minimum absolute atomic E-state index is 0.106. The first-order chi connectivity index (χ1) is 10.1. The average molecular weight is 313 g/mol. The van der Waals surface area contributed by atoms with E-state index in [1.807, 2.05) is 6.92 Å². The van der Waals surface area contributed by atoms with Crippen LogP contribution in [0.2, 0.25) is 5.02 Å². The summed E-state index contributed by atoms with van der Waals surface area (Å²) in [5.74, 6) is 0.597. The Labute approximate surface area is 129 Å². The number of halogens is 1. The molecule has 6 heteroatoms. The molecular formula is C15H21ClN2O3. The Morgan fingerprint density at radius 2 is 2.24 bits per heavy atom. The molecule has 0 saturated heterocycles. The number of carbonyl (C=O) groups is 1. The second-order valence-corrected chi connectivity index (χ2v) is 5.89. The summed E-state index contributed by atoms with van der Waals surface area (Å²) in [5, 5.41) is 15.3. The Balaban J connectivity index is 1.94. The Morgan fingerprint density at radius 3 is 2.86 bits per heavy atom. The van der Waals surface area contributed by atoms with Crippen molar-refractivity contribution in [1.82, 2.24) is 5.32 Å². The van der Waals surface area contributed by atoms with E-state index >= 15 is 0 Å². The molecule has 2 amide bonds. The molecule has 3 N–H and O–H groups in total. The van der Waals surface area contributed by atoms with Crippen molar-refractivity contribution in [2.45, 2.75) is 26.2 Å². The Kier molecular flexibility index (Phi) is 5.31. The lowest BCUT2D eigenvalue weighted by molar-refractivity contribution is 0.206. The predicted molar refractivity (Wildman–Crippen MR) is 83.0 cm³/mol. The van der Waals surface area contributed by atoms with E-state index in [1.54, 1.807) is 18.2 Å². The average Bonchev–Trinajstić information content (AvgIpc) is 3.25. The van der Waals surface area contributed by atoms with E-state index in [0.717, 1.165) is 19.3 Å². The van der Waals surface area contributed by atoms with Crippen molar-refractivity contribution in [3.05, 3.63) is 23.2 Å². The summed E-state index contributed by atoms with van der Waals surface area (Å²) in [4.78, 5) is 11.9. The molecule has 1 aromatic rings. The number of ether oxygens (including phenoxy) is 1. The number of anilines is 1. The molecule has 21 heavy (non-hydrogen) atoms. The number of hydrogen-bond donors (Lipinski definition) is 3. The van der Waals surface area contributed by atoms with Gasteiger partial charge in [0.2, 0.25) is 0 Å². The maximum absolute atomic E-state index is 11.9. The van der Waals surface area contributed by atoms with Gasteiger partial charge in [-0.1, -0.05) is 18.5 Å². The minimum Gasteiger partial charge on any atom is -0.491 e. The number of benzene rings is 1. The van der Waals surface area contributed by atoms with Crippen LogP contribution in [-0.4, -0.2) is 30.9 Å². The van der Waals surface area contributed by atoms with E-state index in [2.05, 4.69) is 10.6 Å². The largest absolute Gasteiger partial charge is 0.491 e. The van der Waals surface area contributed by atoms with Gasteiger partial charge in [-0.3, -0.25) is 0 Å². The van der Waals surface area contributed by atoms with Gasteiger partial charge < -0.3 is 20.5 Å². The highest BCUT2D eigenvalue weighted by Crippen LogP contribution is 2.44. The van der Waals surface area contributed by atoms with Crippen molar-refractivity contribution in [2.75, 3.05) is 25.1 Å². The summed E-state index contributed by atoms with van der Waals surface area (Å²) in [6.07, 6.45) is 2.78. The normalized spacial score (nSPS) is 15.4. The Morgan fingerprint density at radius 1 is 1.48 bits per heavy atom. The van der Waals surface area contributed by atoms with Crippen LogP contribution in [0.1, 0.15) is 26.2 Å². The van der Waals surface area contributed by atoms with Crippen LogP contribution >= 0.6 is 11.6 Å². The molecule has 5 nitrogen and oxygen atoms in total. The molecule has 0 radical (unpaired) electrons. The van der Waals surface area contributed by atoms with E-state index in [4.69, 9.17) is 16.3 Å². The van der Waals surface area contributed by atoms with Gasteiger partial charge in [0.25, 0.3) is 0 Å². The van der Waals surface area contributed by atoms with Crippen molar-refractivity contribution in [3.63, 3.8) is 0 Å². The van der Waals surface area contributed by atoms with Crippen molar-refractivity contribution < 1.29 is 14.6 Å². The van der Waals surface area contributed by atoms with E-state index < -0.39 is 0 Å². The molecular weight excluding hydrogens is 292 g/mol. The van der Waals surface area contributed by atoms with Crippen molar-refractivity contribution in [1.29, 1.82) is 0 Å². The smallest absolute Gasteiger partial charge is 0.319 e. The first-order valence-electron chi connectivity index (χ1n) is 7.17. The van der Waals surface area contributed by atoms with Crippen LogP contribution in [0.25, 0.3) is 0 Å². The van der Waals surface area contributed by atoms with Crippen LogP contribution in [0.3, 0.4) is 0 Å². The monoisotopic (exact) mass is 312 g/mol. The van der Waals surface area contributed by atoms with E-state index in [0.29, 0.717) is 29.6 Å².